The molecule has 132 valence electrons. The first-order valence-electron chi connectivity index (χ1n) is 7.89. The van der Waals surface area contributed by atoms with E-state index >= 15 is 0 Å². The van der Waals surface area contributed by atoms with Gasteiger partial charge < -0.3 is 20.1 Å². The highest BCUT2D eigenvalue weighted by atomic mass is 19.1. The van der Waals surface area contributed by atoms with Crippen molar-refractivity contribution < 1.29 is 19.0 Å². The van der Waals surface area contributed by atoms with Gasteiger partial charge in [0.05, 0.1) is 24.6 Å². The molecule has 3 rings (SSSR count). The van der Waals surface area contributed by atoms with E-state index in [1.165, 1.54) is 41.6 Å². The summed E-state index contributed by atoms with van der Waals surface area (Å²) in [5.41, 5.74) is -0.447. The minimum absolute atomic E-state index is 0.0158. The monoisotopic (exact) mass is 346 g/mol. The van der Waals surface area contributed by atoms with Crippen LogP contribution in [0, 0.1) is 5.82 Å². The van der Waals surface area contributed by atoms with E-state index in [2.05, 4.69) is 15.3 Å². The van der Waals surface area contributed by atoms with Crippen LogP contribution < -0.4 is 10.1 Å². The van der Waals surface area contributed by atoms with Gasteiger partial charge in [-0.05, 0) is 30.7 Å². The minimum atomic E-state index is -1.16. The zero-order valence-electron chi connectivity index (χ0n) is 13.8. The Labute approximate surface area is 144 Å². The molecule has 1 amide bonds. The molecule has 1 aliphatic rings. The number of halogens is 1. The molecule has 0 radical (unpaired) electrons. The summed E-state index contributed by atoms with van der Waals surface area (Å²) in [5, 5.41) is 13.5. The maximum absolute atomic E-state index is 12.9. The Hall–Kier alpha value is -2.74. The van der Waals surface area contributed by atoms with Crippen molar-refractivity contribution in [3.05, 3.63) is 48.3 Å². The molecule has 0 saturated carbocycles. The molecule has 2 aromatic rings. The van der Waals surface area contributed by atoms with Crippen LogP contribution in [0.3, 0.4) is 0 Å². The molecule has 1 aliphatic heterocycles. The van der Waals surface area contributed by atoms with E-state index in [1.807, 2.05) is 0 Å². The van der Waals surface area contributed by atoms with Crippen molar-refractivity contribution in [2.75, 3.05) is 32.1 Å². The quantitative estimate of drug-likeness (QED) is 0.849. The molecule has 0 unspecified atom stereocenters. The number of benzene rings is 1. The van der Waals surface area contributed by atoms with Crippen LogP contribution in [0.4, 0.5) is 10.1 Å². The summed E-state index contributed by atoms with van der Waals surface area (Å²) in [6.07, 6.45) is 3.44. The third kappa shape index (κ3) is 4.03. The van der Waals surface area contributed by atoms with Crippen molar-refractivity contribution in [3.63, 3.8) is 0 Å². The molecular weight excluding hydrogens is 327 g/mol. The Morgan fingerprint density at radius 3 is 2.68 bits per heavy atom. The van der Waals surface area contributed by atoms with E-state index in [0.29, 0.717) is 24.4 Å². The van der Waals surface area contributed by atoms with Crippen LogP contribution in [0.25, 0.3) is 0 Å². The molecule has 1 aromatic carbocycles. The van der Waals surface area contributed by atoms with Gasteiger partial charge in [0.2, 0.25) is 5.82 Å². The number of amides is 1. The number of carbonyl (C=O) groups excluding carboxylic acids is 1. The fourth-order valence-corrected chi connectivity index (χ4v) is 2.61. The van der Waals surface area contributed by atoms with Gasteiger partial charge >= 0.3 is 0 Å². The van der Waals surface area contributed by atoms with Gasteiger partial charge in [0.15, 0.2) is 0 Å². The first-order chi connectivity index (χ1) is 12.0. The summed E-state index contributed by atoms with van der Waals surface area (Å²) in [7, 11) is 1.74. The molecule has 0 bridgehead atoms. The third-order valence-corrected chi connectivity index (χ3v) is 4.07. The van der Waals surface area contributed by atoms with E-state index in [1.54, 1.807) is 7.05 Å². The fraction of sp³-hybridized carbons (Fsp3) is 0.353. The van der Waals surface area contributed by atoms with Crippen molar-refractivity contribution in [1.82, 2.24) is 14.9 Å². The Kier molecular flexibility index (Phi) is 4.80. The highest BCUT2D eigenvalue weighted by molar-refractivity contribution is 5.90. The second-order valence-electron chi connectivity index (χ2n) is 5.99. The predicted molar refractivity (Wildman–Crippen MR) is 88.9 cm³/mol. The standard InChI is InChI=1S/C17H19FN4O3/c1-19-13-8-20-15(21-9-13)16(23)22-7-6-17(24,10-22)11-25-14-4-2-12(18)3-5-14/h2-5,8-9,19,24H,6-7,10-11H2,1H3/t17-/m0/s1. The van der Waals surface area contributed by atoms with Crippen molar-refractivity contribution in [1.29, 1.82) is 0 Å². The lowest BCUT2D eigenvalue weighted by molar-refractivity contribution is 0.00417. The Balaban J connectivity index is 1.59. The van der Waals surface area contributed by atoms with Crippen molar-refractivity contribution >= 4 is 11.6 Å². The normalized spacial score (nSPS) is 19.7. The smallest absolute Gasteiger partial charge is 0.291 e. The highest BCUT2D eigenvalue weighted by Crippen LogP contribution is 2.24. The third-order valence-electron chi connectivity index (χ3n) is 4.07. The lowest BCUT2D eigenvalue weighted by Crippen LogP contribution is -2.41. The van der Waals surface area contributed by atoms with Crippen LogP contribution in [0.1, 0.15) is 17.0 Å². The number of likely N-dealkylation sites (tertiary alicyclic amines) is 1. The van der Waals surface area contributed by atoms with Crippen LogP contribution in [0.5, 0.6) is 5.75 Å². The van der Waals surface area contributed by atoms with Crippen molar-refractivity contribution in [2.45, 2.75) is 12.0 Å². The van der Waals surface area contributed by atoms with Crippen LogP contribution in [0.2, 0.25) is 0 Å². The molecule has 8 heteroatoms. The number of carbonyl (C=O) groups is 1. The Morgan fingerprint density at radius 1 is 1.36 bits per heavy atom. The first-order valence-corrected chi connectivity index (χ1v) is 7.89. The van der Waals surface area contributed by atoms with E-state index in [-0.39, 0.29) is 30.7 Å². The van der Waals surface area contributed by atoms with Gasteiger partial charge in [-0.3, -0.25) is 4.79 Å². The van der Waals surface area contributed by atoms with Gasteiger partial charge in [-0.2, -0.15) is 0 Å². The zero-order chi connectivity index (χ0) is 17.9. The molecule has 1 aromatic heterocycles. The van der Waals surface area contributed by atoms with Gasteiger partial charge in [-0.1, -0.05) is 0 Å². The fourth-order valence-electron chi connectivity index (χ4n) is 2.61. The molecule has 7 nitrogen and oxygen atoms in total. The summed E-state index contributed by atoms with van der Waals surface area (Å²) in [6.45, 7) is 0.533. The summed E-state index contributed by atoms with van der Waals surface area (Å²) in [5.74, 6) is -0.137. The van der Waals surface area contributed by atoms with Crippen molar-refractivity contribution in [2.24, 2.45) is 0 Å². The zero-order valence-corrected chi connectivity index (χ0v) is 13.8. The van der Waals surface area contributed by atoms with Crippen LogP contribution in [-0.2, 0) is 0 Å². The molecular formula is C17H19FN4O3. The number of hydrogen-bond donors (Lipinski definition) is 2. The van der Waals surface area contributed by atoms with Crippen LogP contribution >= 0.6 is 0 Å². The van der Waals surface area contributed by atoms with E-state index < -0.39 is 5.60 Å². The number of aliphatic hydroxyl groups is 1. The number of rotatable bonds is 5. The molecule has 0 aliphatic carbocycles. The summed E-state index contributed by atoms with van der Waals surface area (Å²) in [6, 6.07) is 5.56. The lowest BCUT2D eigenvalue weighted by Gasteiger charge is -2.23. The second kappa shape index (κ2) is 7.02. The first kappa shape index (κ1) is 17.1. The van der Waals surface area contributed by atoms with E-state index in [9.17, 15) is 14.3 Å². The number of nitrogens with zero attached hydrogens (tertiary/aromatic N) is 3. The number of hydrogen-bond acceptors (Lipinski definition) is 6. The largest absolute Gasteiger partial charge is 0.491 e. The van der Waals surface area contributed by atoms with E-state index in [4.69, 9.17) is 4.74 Å². The SMILES string of the molecule is CNc1cnc(C(=O)N2CC[C@@](O)(COc3ccc(F)cc3)C2)nc1. The lowest BCUT2D eigenvalue weighted by atomic mass is 10.1. The van der Waals surface area contributed by atoms with Gasteiger partial charge in [0.1, 0.15) is 23.8 Å². The molecule has 1 saturated heterocycles. The van der Waals surface area contributed by atoms with Crippen LogP contribution in [-0.4, -0.2) is 58.2 Å². The highest BCUT2D eigenvalue weighted by Gasteiger charge is 2.39. The number of ether oxygens (including phenoxy) is 1. The van der Waals surface area contributed by atoms with Gasteiger partial charge in [0.25, 0.3) is 5.91 Å². The van der Waals surface area contributed by atoms with E-state index in [0.717, 1.165) is 0 Å². The molecule has 2 N–H and O–H groups in total. The topological polar surface area (TPSA) is 87.6 Å². The molecule has 1 fully saturated rings. The van der Waals surface area contributed by atoms with Crippen molar-refractivity contribution in [3.8, 4) is 5.75 Å². The number of aromatic nitrogens is 2. The minimum Gasteiger partial charge on any atom is -0.491 e. The average molecular weight is 346 g/mol. The number of β-amino-alcohol motifs (C(OH)–C–C–N with tert-alkyl or cyclic N) is 1. The number of anilines is 1. The predicted octanol–water partition coefficient (Wildman–Crippen LogP) is 1.31. The molecule has 25 heavy (non-hydrogen) atoms. The maximum atomic E-state index is 12.9. The molecule has 0 spiro atoms. The summed E-state index contributed by atoms with van der Waals surface area (Å²) >= 11 is 0. The molecule has 1 atom stereocenters. The summed E-state index contributed by atoms with van der Waals surface area (Å²) in [4.78, 5) is 22.0. The number of nitrogens with one attached hydrogen (secondary N) is 1. The maximum Gasteiger partial charge on any atom is 0.291 e. The van der Waals surface area contributed by atoms with Gasteiger partial charge in [-0.15, -0.1) is 0 Å². The second-order valence-corrected chi connectivity index (χ2v) is 5.99. The Bertz CT molecular complexity index is 739. The van der Waals surface area contributed by atoms with Gasteiger partial charge in [0, 0.05) is 13.6 Å². The summed E-state index contributed by atoms with van der Waals surface area (Å²) < 4.78 is 18.4. The van der Waals surface area contributed by atoms with Crippen LogP contribution in [0.15, 0.2) is 36.7 Å². The average Bonchev–Trinajstić information content (AvgIpc) is 3.03. The Morgan fingerprint density at radius 2 is 2.04 bits per heavy atom. The molecule has 2 heterocycles. The van der Waals surface area contributed by atoms with Gasteiger partial charge in [-0.25, -0.2) is 14.4 Å².